The van der Waals surface area contributed by atoms with Gasteiger partial charge < -0.3 is 25.0 Å². The van der Waals surface area contributed by atoms with E-state index in [1.807, 2.05) is 17.7 Å². The Morgan fingerprint density at radius 2 is 2.13 bits per heavy atom. The van der Waals surface area contributed by atoms with Crippen molar-refractivity contribution in [3.63, 3.8) is 0 Å². The van der Waals surface area contributed by atoms with Gasteiger partial charge in [0.2, 0.25) is 0 Å². The number of benzene rings is 1. The summed E-state index contributed by atoms with van der Waals surface area (Å²) in [6, 6.07) is 6.71. The van der Waals surface area contributed by atoms with Crippen molar-refractivity contribution in [1.29, 1.82) is 0 Å². The Bertz CT molecular complexity index is 598. The molecule has 0 radical (unpaired) electrons. The molecule has 0 spiro atoms. The number of aliphatic hydroxyl groups excluding tert-OH is 1. The topological polar surface area (TPSA) is 88.4 Å². The van der Waals surface area contributed by atoms with Gasteiger partial charge in [0.05, 0.1) is 19.5 Å². The van der Waals surface area contributed by atoms with E-state index in [1.165, 1.54) is 0 Å². The third kappa shape index (κ3) is 5.30. The summed E-state index contributed by atoms with van der Waals surface area (Å²) in [4.78, 5) is 15.8. The molecule has 0 bridgehead atoms. The minimum atomic E-state index is -0.768. The SMILES string of the molecule is COc1ccc([C@H](O)CNC(=O)N[C@@H](C)Cn2ccnc2)cc1. The smallest absolute Gasteiger partial charge is 0.315 e. The van der Waals surface area contributed by atoms with Crippen molar-refractivity contribution in [2.75, 3.05) is 13.7 Å². The van der Waals surface area contributed by atoms with E-state index >= 15 is 0 Å². The van der Waals surface area contributed by atoms with Gasteiger partial charge in [-0.1, -0.05) is 12.1 Å². The minimum absolute atomic E-state index is 0.0534. The Labute approximate surface area is 135 Å². The molecule has 0 saturated carbocycles. The van der Waals surface area contributed by atoms with Gasteiger partial charge in [0.25, 0.3) is 0 Å². The number of hydrogen-bond acceptors (Lipinski definition) is 4. The quantitative estimate of drug-likeness (QED) is 0.718. The second-order valence-electron chi connectivity index (χ2n) is 5.30. The summed E-state index contributed by atoms with van der Waals surface area (Å²) >= 11 is 0. The number of amides is 2. The molecule has 7 nitrogen and oxygen atoms in total. The Morgan fingerprint density at radius 1 is 1.39 bits per heavy atom. The van der Waals surface area contributed by atoms with Gasteiger partial charge >= 0.3 is 6.03 Å². The number of aliphatic hydroxyl groups is 1. The molecule has 3 N–H and O–H groups in total. The highest BCUT2D eigenvalue weighted by Crippen LogP contribution is 2.16. The van der Waals surface area contributed by atoms with Crippen LogP contribution in [0.1, 0.15) is 18.6 Å². The van der Waals surface area contributed by atoms with Gasteiger partial charge in [-0.2, -0.15) is 0 Å². The first kappa shape index (κ1) is 16.8. The summed E-state index contributed by atoms with van der Waals surface area (Å²) in [6.07, 6.45) is 4.46. The zero-order valence-electron chi connectivity index (χ0n) is 13.3. The van der Waals surface area contributed by atoms with Crippen molar-refractivity contribution in [3.05, 3.63) is 48.5 Å². The first-order chi connectivity index (χ1) is 11.1. The van der Waals surface area contributed by atoms with Crippen LogP contribution >= 0.6 is 0 Å². The fourth-order valence-electron chi connectivity index (χ4n) is 2.16. The first-order valence-electron chi connectivity index (χ1n) is 7.40. The maximum atomic E-state index is 11.8. The van der Waals surface area contributed by atoms with Crippen LogP contribution < -0.4 is 15.4 Å². The Balaban J connectivity index is 1.74. The molecule has 2 amide bonds. The van der Waals surface area contributed by atoms with Crippen LogP contribution in [0.25, 0.3) is 0 Å². The van der Waals surface area contributed by atoms with E-state index in [0.29, 0.717) is 6.54 Å². The third-order valence-electron chi connectivity index (χ3n) is 3.38. The van der Waals surface area contributed by atoms with E-state index < -0.39 is 6.10 Å². The summed E-state index contributed by atoms with van der Waals surface area (Å²) in [6.45, 7) is 2.67. The predicted octanol–water partition coefficient (Wildman–Crippen LogP) is 1.31. The van der Waals surface area contributed by atoms with Gasteiger partial charge in [0.1, 0.15) is 5.75 Å². The first-order valence-corrected chi connectivity index (χ1v) is 7.40. The minimum Gasteiger partial charge on any atom is -0.497 e. The molecule has 1 heterocycles. The van der Waals surface area contributed by atoms with Crippen LogP contribution in [0.15, 0.2) is 43.0 Å². The molecule has 7 heteroatoms. The Morgan fingerprint density at radius 3 is 2.74 bits per heavy atom. The molecule has 1 aromatic heterocycles. The maximum Gasteiger partial charge on any atom is 0.315 e. The normalized spacial score (nSPS) is 13.2. The standard InChI is InChI=1S/C16H22N4O3/c1-12(10-20-8-7-17-11-20)19-16(22)18-9-15(21)13-3-5-14(23-2)6-4-13/h3-8,11-12,15,21H,9-10H2,1-2H3,(H2,18,19,22)/t12-,15+/m0/s1. The largest absolute Gasteiger partial charge is 0.497 e. The summed E-state index contributed by atoms with van der Waals surface area (Å²) in [5, 5.41) is 15.6. The van der Waals surface area contributed by atoms with Gasteiger partial charge in [0.15, 0.2) is 0 Å². The van der Waals surface area contributed by atoms with Crippen LogP contribution in [0.4, 0.5) is 4.79 Å². The number of carbonyl (C=O) groups excluding carboxylic acids is 1. The number of imidazole rings is 1. The molecular formula is C16H22N4O3. The van der Waals surface area contributed by atoms with E-state index in [0.717, 1.165) is 11.3 Å². The second kappa shape index (κ2) is 8.19. The molecule has 124 valence electrons. The van der Waals surface area contributed by atoms with Gasteiger partial charge in [-0.25, -0.2) is 9.78 Å². The van der Waals surface area contributed by atoms with E-state index in [-0.39, 0.29) is 18.6 Å². The number of nitrogens with one attached hydrogen (secondary N) is 2. The Hall–Kier alpha value is -2.54. The predicted molar refractivity (Wildman–Crippen MR) is 86.2 cm³/mol. The number of urea groups is 1. The number of methoxy groups -OCH3 is 1. The fraction of sp³-hybridized carbons (Fsp3) is 0.375. The zero-order valence-corrected chi connectivity index (χ0v) is 13.3. The molecule has 2 aromatic rings. The van der Waals surface area contributed by atoms with Crippen LogP contribution in [0.3, 0.4) is 0 Å². The zero-order chi connectivity index (χ0) is 16.7. The molecule has 0 fully saturated rings. The van der Waals surface area contributed by atoms with Crippen LogP contribution in [0, 0.1) is 0 Å². The van der Waals surface area contributed by atoms with Crippen molar-refractivity contribution in [1.82, 2.24) is 20.2 Å². The molecule has 23 heavy (non-hydrogen) atoms. The van der Waals surface area contributed by atoms with Crippen LogP contribution in [0.2, 0.25) is 0 Å². The van der Waals surface area contributed by atoms with Crippen molar-refractivity contribution < 1.29 is 14.6 Å². The van der Waals surface area contributed by atoms with E-state index in [2.05, 4.69) is 15.6 Å². The molecule has 2 rings (SSSR count). The highest BCUT2D eigenvalue weighted by molar-refractivity contribution is 5.74. The average molecular weight is 318 g/mol. The van der Waals surface area contributed by atoms with Crippen LogP contribution in [-0.2, 0) is 6.54 Å². The van der Waals surface area contributed by atoms with E-state index in [4.69, 9.17) is 4.74 Å². The second-order valence-corrected chi connectivity index (χ2v) is 5.30. The lowest BCUT2D eigenvalue weighted by Gasteiger charge is -2.17. The van der Waals surface area contributed by atoms with Crippen molar-refractivity contribution in [2.45, 2.75) is 25.6 Å². The molecule has 2 atom stereocenters. The third-order valence-corrected chi connectivity index (χ3v) is 3.38. The summed E-state index contributed by atoms with van der Waals surface area (Å²) in [5.74, 6) is 0.722. The molecule has 0 aliphatic rings. The lowest BCUT2D eigenvalue weighted by atomic mass is 10.1. The van der Waals surface area contributed by atoms with E-state index in [9.17, 15) is 9.90 Å². The monoisotopic (exact) mass is 318 g/mol. The molecule has 0 unspecified atom stereocenters. The highest BCUT2D eigenvalue weighted by Gasteiger charge is 2.11. The molecule has 0 aliphatic carbocycles. The number of ether oxygens (including phenoxy) is 1. The summed E-state index contributed by atoms with van der Waals surface area (Å²) in [7, 11) is 1.59. The lowest BCUT2D eigenvalue weighted by Crippen LogP contribution is -2.43. The van der Waals surface area contributed by atoms with Crippen LogP contribution in [0.5, 0.6) is 5.75 Å². The molecular weight excluding hydrogens is 296 g/mol. The van der Waals surface area contributed by atoms with Crippen molar-refractivity contribution in [3.8, 4) is 5.75 Å². The number of carbonyl (C=O) groups is 1. The molecule has 1 aromatic carbocycles. The average Bonchev–Trinajstić information content (AvgIpc) is 3.05. The Kier molecular flexibility index (Phi) is 5.99. The summed E-state index contributed by atoms with van der Waals surface area (Å²) < 4.78 is 6.95. The summed E-state index contributed by atoms with van der Waals surface area (Å²) in [5.41, 5.74) is 0.720. The van der Waals surface area contributed by atoms with Gasteiger partial charge in [-0.15, -0.1) is 0 Å². The van der Waals surface area contributed by atoms with Crippen molar-refractivity contribution >= 4 is 6.03 Å². The fourth-order valence-corrected chi connectivity index (χ4v) is 2.16. The number of nitrogens with zero attached hydrogens (tertiary/aromatic N) is 2. The number of hydrogen-bond donors (Lipinski definition) is 3. The lowest BCUT2D eigenvalue weighted by molar-refractivity contribution is 0.172. The van der Waals surface area contributed by atoms with Gasteiger partial charge in [-0.3, -0.25) is 0 Å². The maximum absolute atomic E-state index is 11.8. The van der Waals surface area contributed by atoms with Crippen molar-refractivity contribution in [2.24, 2.45) is 0 Å². The van der Waals surface area contributed by atoms with Crippen LogP contribution in [-0.4, -0.2) is 40.4 Å². The molecule has 0 aliphatic heterocycles. The molecule has 0 saturated heterocycles. The number of rotatable bonds is 7. The van der Waals surface area contributed by atoms with Gasteiger partial charge in [0, 0.05) is 31.5 Å². The number of aromatic nitrogens is 2. The van der Waals surface area contributed by atoms with Gasteiger partial charge in [-0.05, 0) is 24.6 Å². The highest BCUT2D eigenvalue weighted by atomic mass is 16.5. The van der Waals surface area contributed by atoms with E-state index in [1.54, 1.807) is 43.9 Å².